The number of guanidine groups is 2. The molecule has 1 spiro atoms. The van der Waals surface area contributed by atoms with Gasteiger partial charge in [-0.1, -0.05) is 18.6 Å². The van der Waals surface area contributed by atoms with Crippen LogP contribution in [0.2, 0.25) is 0 Å². The minimum absolute atomic E-state index is 0.0593. The molecular weight excluding hydrogens is 352 g/mol. The van der Waals surface area contributed by atoms with E-state index in [0.717, 1.165) is 50.8 Å². The molecule has 150 valence electrons. The number of para-hydroxylation sites is 1. The zero-order valence-corrected chi connectivity index (χ0v) is 16.6. The maximum atomic E-state index is 13.5. The van der Waals surface area contributed by atoms with Gasteiger partial charge in [0.15, 0.2) is 0 Å². The number of amides is 1. The van der Waals surface area contributed by atoms with Crippen molar-refractivity contribution in [3.8, 4) is 0 Å². The highest BCUT2D eigenvalue weighted by Crippen LogP contribution is 2.41. The summed E-state index contributed by atoms with van der Waals surface area (Å²) in [5.41, 5.74) is 13.3. The van der Waals surface area contributed by atoms with E-state index in [1.165, 1.54) is 12.8 Å². The third kappa shape index (κ3) is 3.23. The van der Waals surface area contributed by atoms with Crippen molar-refractivity contribution in [1.29, 1.82) is 0 Å². The number of anilines is 1. The number of hydrogen-bond acceptors (Lipinski definition) is 6. The lowest BCUT2D eigenvalue weighted by atomic mass is 9.87. The highest BCUT2D eigenvalue weighted by molar-refractivity contribution is 6.10. The van der Waals surface area contributed by atoms with Crippen molar-refractivity contribution in [3.05, 3.63) is 29.8 Å². The number of hydrogen-bond donors (Lipinski definition) is 2. The third-order valence-electron chi connectivity index (χ3n) is 6.29. The van der Waals surface area contributed by atoms with Gasteiger partial charge in [0, 0.05) is 12.6 Å². The Morgan fingerprint density at radius 1 is 1.11 bits per heavy atom. The van der Waals surface area contributed by atoms with Gasteiger partial charge in [-0.05, 0) is 64.0 Å². The summed E-state index contributed by atoms with van der Waals surface area (Å²) < 4.78 is 0. The topological polar surface area (TPSA) is 100 Å². The minimum Gasteiger partial charge on any atom is -0.369 e. The number of rotatable bonds is 2. The zero-order chi connectivity index (χ0) is 19.7. The number of benzene rings is 1. The van der Waals surface area contributed by atoms with Crippen molar-refractivity contribution in [2.24, 2.45) is 21.5 Å². The van der Waals surface area contributed by atoms with Crippen LogP contribution in [0.15, 0.2) is 34.3 Å². The quantitative estimate of drug-likeness (QED) is 0.821. The molecule has 1 saturated carbocycles. The molecule has 0 aromatic heterocycles. The Balaban J connectivity index is 1.76. The van der Waals surface area contributed by atoms with Crippen molar-refractivity contribution in [2.75, 3.05) is 11.4 Å². The highest BCUT2D eigenvalue weighted by atomic mass is 16.2. The molecule has 7 nitrogen and oxygen atoms in total. The van der Waals surface area contributed by atoms with Gasteiger partial charge in [-0.3, -0.25) is 9.69 Å². The Labute approximate surface area is 166 Å². The summed E-state index contributed by atoms with van der Waals surface area (Å²) in [7, 11) is 0. The highest BCUT2D eigenvalue weighted by Gasteiger charge is 2.44. The molecule has 1 saturated heterocycles. The number of nitrogens with two attached hydrogens (primary N) is 2. The lowest BCUT2D eigenvalue weighted by molar-refractivity contribution is 0.0636. The number of carbonyl (C=O) groups excluding carboxylic acids is 1. The van der Waals surface area contributed by atoms with Gasteiger partial charge in [-0.25, -0.2) is 4.99 Å². The summed E-state index contributed by atoms with van der Waals surface area (Å²) in [6.45, 7) is 2.93. The molecule has 0 radical (unpaired) electrons. The fourth-order valence-corrected chi connectivity index (χ4v) is 4.87. The minimum atomic E-state index is -0.544. The van der Waals surface area contributed by atoms with Gasteiger partial charge in [-0.15, -0.1) is 0 Å². The second-order valence-corrected chi connectivity index (χ2v) is 8.18. The molecular formula is C21H30N6O. The molecule has 28 heavy (non-hydrogen) atoms. The van der Waals surface area contributed by atoms with E-state index in [1.54, 1.807) is 0 Å². The second kappa shape index (κ2) is 7.45. The molecule has 1 amide bonds. The predicted molar refractivity (Wildman–Crippen MR) is 112 cm³/mol. The Hall–Kier alpha value is -2.57. The SMILES string of the molecule is CC1CCCCN1C(=O)c1ccccc1N1C(N)=NC(N)=NC12CCCCC2. The van der Waals surface area contributed by atoms with Gasteiger partial charge in [0.25, 0.3) is 5.91 Å². The smallest absolute Gasteiger partial charge is 0.256 e. The first-order valence-corrected chi connectivity index (χ1v) is 10.4. The molecule has 0 bridgehead atoms. The van der Waals surface area contributed by atoms with E-state index < -0.39 is 5.66 Å². The fraction of sp³-hybridized carbons (Fsp3) is 0.571. The summed E-state index contributed by atoms with van der Waals surface area (Å²) in [6.07, 6.45) is 8.27. The van der Waals surface area contributed by atoms with Crippen LogP contribution in [0, 0.1) is 0 Å². The van der Waals surface area contributed by atoms with Gasteiger partial charge >= 0.3 is 0 Å². The van der Waals surface area contributed by atoms with E-state index in [0.29, 0.717) is 11.5 Å². The average Bonchev–Trinajstić information content (AvgIpc) is 2.68. The van der Waals surface area contributed by atoms with Crippen LogP contribution in [-0.4, -0.2) is 41.0 Å². The second-order valence-electron chi connectivity index (χ2n) is 8.18. The van der Waals surface area contributed by atoms with Crippen LogP contribution in [0.1, 0.15) is 68.6 Å². The first kappa shape index (κ1) is 18.8. The van der Waals surface area contributed by atoms with Gasteiger partial charge in [-0.2, -0.15) is 4.99 Å². The van der Waals surface area contributed by atoms with E-state index in [4.69, 9.17) is 16.5 Å². The van der Waals surface area contributed by atoms with Crippen LogP contribution >= 0.6 is 0 Å². The van der Waals surface area contributed by atoms with Gasteiger partial charge in [0.2, 0.25) is 11.9 Å². The van der Waals surface area contributed by atoms with Gasteiger partial charge < -0.3 is 16.4 Å². The van der Waals surface area contributed by atoms with Crippen LogP contribution in [0.3, 0.4) is 0 Å². The number of likely N-dealkylation sites (tertiary alicyclic amines) is 1. The summed E-state index contributed by atoms with van der Waals surface area (Å²) in [6, 6.07) is 7.95. The molecule has 1 atom stereocenters. The summed E-state index contributed by atoms with van der Waals surface area (Å²) >= 11 is 0. The van der Waals surface area contributed by atoms with Crippen LogP contribution in [0.25, 0.3) is 0 Å². The van der Waals surface area contributed by atoms with Crippen LogP contribution in [-0.2, 0) is 0 Å². The molecule has 1 aromatic rings. The predicted octanol–water partition coefficient (Wildman–Crippen LogP) is 2.81. The van der Waals surface area contributed by atoms with Crippen LogP contribution in [0.4, 0.5) is 5.69 Å². The number of aliphatic imine (C=N–C) groups is 2. The van der Waals surface area contributed by atoms with E-state index in [-0.39, 0.29) is 17.9 Å². The van der Waals surface area contributed by atoms with Crippen LogP contribution < -0.4 is 16.4 Å². The number of nitrogens with zero attached hydrogens (tertiary/aromatic N) is 4. The van der Waals surface area contributed by atoms with Gasteiger partial charge in [0.1, 0.15) is 5.66 Å². The maximum Gasteiger partial charge on any atom is 0.256 e. The van der Waals surface area contributed by atoms with E-state index in [2.05, 4.69) is 11.9 Å². The van der Waals surface area contributed by atoms with Crippen LogP contribution in [0.5, 0.6) is 0 Å². The monoisotopic (exact) mass is 382 g/mol. The Kier molecular flexibility index (Phi) is 5.00. The van der Waals surface area contributed by atoms with E-state index >= 15 is 0 Å². The molecule has 3 aliphatic rings. The average molecular weight is 383 g/mol. The first-order valence-electron chi connectivity index (χ1n) is 10.4. The van der Waals surface area contributed by atoms with Crippen molar-refractivity contribution in [1.82, 2.24) is 4.90 Å². The molecule has 2 heterocycles. The lowest BCUT2D eigenvalue weighted by Crippen LogP contribution is -2.58. The molecule has 2 fully saturated rings. The maximum absolute atomic E-state index is 13.5. The number of piperidine rings is 1. The fourth-order valence-electron chi connectivity index (χ4n) is 4.87. The first-order chi connectivity index (χ1) is 13.5. The standard InChI is InChI=1S/C21H30N6O/c1-15-9-5-8-14-26(15)18(28)16-10-3-4-11-17(16)27-20(23)24-19(22)25-21(27)12-6-2-7-13-21/h3-4,10-11,15H,2,5-9,12-14H2,1H3,(H4,22,23,24,25). The lowest BCUT2D eigenvalue weighted by Gasteiger charge is -2.46. The molecule has 4 N–H and O–H groups in total. The zero-order valence-electron chi connectivity index (χ0n) is 16.6. The van der Waals surface area contributed by atoms with Crippen molar-refractivity contribution in [3.63, 3.8) is 0 Å². The summed E-state index contributed by atoms with van der Waals surface area (Å²) in [5, 5.41) is 0. The summed E-state index contributed by atoms with van der Waals surface area (Å²) in [4.78, 5) is 26.4. The molecule has 1 aliphatic carbocycles. The van der Waals surface area contributed by atoms with Crippen molar-refractivity contribution in [2.45, 2.75) is 70.0 Å². The number of carbonyl (C=O) groups is 1. The molecule has 4 rings (SSSR count). The summed E-state index contributed by atoms with van der Waals surface area (Å²) in [5.74, 6) is 0.606. The Bertz CT molecular complexity index is 811. The third-order valence-corrected chi connectivity index (χ3v) is 6.29. The van der Waals surface area contributed by atoms with E-state index in [9.17, 15) is 4.79 Å². The van der Waals surface area contributed by atoms with E-state index in [1.807, 2.05) is 34.1 Å². The molecule has 1 unspecified atom stereocenters. The Morgan fingerprint density at radius 3 is 2.61 bits per heavy atom. The van der Waals surface area contributed by atoms with Gasteiger partial charge in [0.05, 0.1) is 11.3 Å². The molecule has 1 aromatic carbocycles. The molecule has 7 heteroatoms. The Morgan fingerprint density at radius 2 is 1.86 bits per heavy atom. The molecule has 2 aliphatic heterocycles. The van der Waals surface area contributed by atoms with Crippen molar-refractivity contribution < 1.29 is 4.79 Å². The normalized spacial score (nSPS) is 24.7. The largest absolute Gasteiger partial charge is 0.369 e. The van der Waals surface area contributed by atoms with Crippen molar-refractivity contribution >= 4 is 23.5 Å².